The molecule has 1 rings (SSSR count). The van der Waals surface area contributed by atoms with Gasteiger partial charge in [0.1, 0.15) is 0 Å². The zero-order valence-electron chi connectivity index (χ0n) is 10.6. The molecule has 1 aromatic rings. The summed E-state index contributed by atoms with van der Waals surface area (Å²) < 4.78 is 0. The number of aliphatic hydroxyl groups excluding tert-OH is 1. The van der Waals surface area contributed by atoms with Crippen molar-refractivity contribution in [2.75, 3.05) is 24.7 Å². The fourth-order valence-electron chi connectivity index (χ4n) is 1.71. The second-order valence-corrected chi connectivity index (χ2v) is 5.21. The summed E-state index contributed by atoms with van der Waals surface area (Å²) >= 11 is 1.90. The van der Waals surface area contributed by atoms with Crippen molar-refractivity contribution in [1.82, 2.24) is 5.32 Å². The van der Waals surface area contributed by atoms with Crippen molar-refractivity contribution in [3.8, 4) is 0 Å². The number of nitrogens with one attached hydrogen (secondary N) is 1. The van der Waals surface area contributed by atoms with E-state index < -0.39 is 0 Å². The van der Waals surface area contributed by atoms with Crippen molar-refractivity contribution in [2.45, 2.75) is 26.3 Å². The van der Waals surface area contributed by atoms with Crippen LogP contribution in [0.25, 0.3) is 0 Å². The van der Waals surface area contributed by atoms with Crippen molar-refractivity contribution in [3.63, 3.8) is 0 Å². The Kier molecular flexibility index (Phi) is 8.14. The Labute approximate surface area is 109 Å². The highest BCUT2D eigenvalue weighted by molar-refractivity contribution is 7.99. The zero-order chi connectivity index (χ0) is 12.3. The molecule has 96 valence electrons. The SMILES string of the molecule is CCc1ccccc1CNCCSCCCO. The first-order chi connectivity index (χ1) is 8.38. The first-order valence-electron chi connectivity index (χ1n) is 6.34. The molecule has 0 atom stereocenters. The van der Waals surface area contributed by atoms with E-state index in [1.54, 1.807) is 0 Å². The van der Waals surface area contributed by atoms with Crippen LogP contribution in [0, 0.1) is 0 Å². The Morgan fingerprint density at radius 2 is 1.94 bits per heavy atom. The monoisotopic (exact) mass is 253 g/mol. The molecule has 2 N–H and O–H groups in total. The van der Waals surface area contributed by atoms with Crippen molar-refractivity contribution >= 4 is 11.8 Å². The molecule has 0 heterocycles. The van der Waals surface area contributed by atoms with Gasteiger partial charge in [-0.15, -0.1) is 0 Å². The van der Waals surface area contributed by atoms with Crippen molar-refractivity contribution < 1.29 is 5.11 Å². The lowest BCUT2D eigenvalue weighted by Crippen LogP contribution is -2.17. The summed E-state index contributed by atoms with van der Waals surface area (Å²) in [5.41, 5.74) is 2.85. The molecule has 0 aliphatic rings. The molecule has 0 fully saturated rings. The van der Waals surface area contributed by atoms with Crippen LogP contribution >= 0.6 is 11.8 Å². The zero-order valence-corrected chi connectivity index (χ0v) is 11.4. The molecule has 0 spiro atoms. The van der Waals surface area contributed by atoms with E-state index in [1.807, 2.05) is 11.8 Å². The van der Waals surface area contributed by atoms with Crippen LogP contribution in [-0.4, -0.2) is 29.8 Å². The number of rotatable bonds is 9. The van der Waals surface area contributed by atoms with Gasteiger partial charge in [0.25, 0.3) is 0 Å². The van der Waals surface area contributed by atoms with Gasteiger partial charge in [-0.2, -0.15) is 11.8 Å². The lowest BCUT2D eigenvalue weighted by atomic mass is 10.1. The fraction of sp³-hybridized carbons (Fsp3) is 0.571. The van der Waals surface area contributed by atoms with Crippen molar-refractivity contribution in [3.05, 3.63) is 35.4 Å². The third-order valence-electron chi connectivity index (χ3n) is 2.68. The number of aryl methyl sites for hydroxylation is 1. The molecule has 0 saturated heterocycles. The molecule has 1 aromatic carbocycles. The molecule has 3 heteroatoms. The van der Waals surface area contributed by atoms with E-state index in [2.05, 4.69) is 36.5 Å². The third-order valence-corrected chi connectivity index (χ3v) is 3.75. The van der Waals surface area contributed by atoms with E-state index in [4.69, 9.17) is 5.11 Å². The molecule has 0 unspecified atom stereocenters. The second-order valence-electron chi connectivity index (χ2n) is 3.99. The highest BCUT2D eigenvalue weighted by Gasteiger charge is 1.98. The van der Waals surface area contributed by atoms with Crippen LogP contribution < -0.4 is 5.32 Å². The van der Waals surface area contributed by atoms with Gasteiger partial charge in [-0.25, -0.2) is 0 Å². The molecular formula is C14H23NOS. The lowest BCUT2D eigenvalue weighted by Gasteiger charge is -2.08. The molecule has 17 heavy (non-hydrogen) atoms. The van der Waals surface area contributed by atoms with Crippen LogP contribution in [0.3, 0.4) is 0 Å². The van der Waals surface area contributed by atoms with Gasteiger partial charge in [0.2, 0.25) is 0 Å². The second kappa shape index (κ2) is 9.51. The maximum atomic E-state index is 8.65. The summed E-state index contributed by atoms with van der Waals surface area (Å²) in [6.45, 7) is 4.51. The van der Waals surface area contributed by atoms with Crippen molar-refractivity contribution in [2.24, 2.45) is 0 Å². The Hall–Kier alpha value is -0.510. The third kappa shape index (κ3) is 6.10. The molecule has 0 radical (unpaired) electrons. The van der Waals surface area contributed by atoms with Crippen LogP contribution in [0.2, 0.25) is 0 Å². The number of hydrogen-bond acceptors (Lipinski definition) is 3. The fourth-order valence-corrected chi connectivity index (χ4v) is 2.54. The minimum Gasteiger partial charge on any atom is -0.396 e. The van der Waals surface area contributed by atoms with Gasteiger partial charge in [0, 0.05) is 25.4 Å². The van der Waals surface area contributed by atoms with Crippen LogP contribution in [0.15, 0.2) is 24.3 Å². The highest BCUT2D eigenvalue weighted by atomic mass is 32.2. The minimum atomic E-state index is 0.310. The summed E-state index contributed by atoms with van der Waals surface area (Å²) in [7, 11) is 0. The minimum absolute atomic E-state index is 0.310. The normalized spacial score (nSPS) is 10.7. The smallest absolute Gasteiger partial charge is 0.0438 e. The Balaban J connectivity index is 2.13. The average molecular weight is 253 g/mol. The molecular weight excluding hydrogens is 230 g/mol. The van der Waals surface area contributed by atoms with Crippen LogP contribution in [-0.2, 0) is 13.0 Å². The van der Waals surface area contributed by atoms with Crippen LogP contribution in [0.4, 0.5) is 0 Å². The highest BCUT2D eigenvalue weighted by Crippen LogP contribution is 2.09. The van der Waals surface area contributed by atoms with Gasteiger partial charge < -0.3 is 10.4 Å². The van der Waals surface area contributed by atoms with E-state index in [1.165, 1.54) is 11.1 Å². The maximum absolute atomic E-state index is 8.65. The Morgan fingerprint density at radius 3 is 2.65 bits per heavy atom. The van der Waals surface area contributed by atoms with Gasteiger partial charge in [-0.05, 0) is 29.7 Å². The van der Waals surface area contributed by atoms with E-state index in [0.717, 1.165) is 37.4 Å². The first-order valence-corrected chi connectivity index (χ1v) is 7.50. The van der Waals surface area contributed by atoms with Crippen molar-refractivity contribution in [1.29, 1.82) is 0 Å². The first kappa shape index (κ1) is 14.6. The Morgan fingerprint density at radius 1 is 1.18 bits per heavy atom. The summed E-state index contributed by atoms with van der Waals surface area (Å²) in [5.74, 6) is 2.18. The maximum Gasteiger partial charge on any atom is 0.0438 e. The van der Waals surface area contributed by atoms with Gasteiger partial charge in [-0.3, -0.25) is 0 Å². The topological polar surface area (TPSA) is 32.3 Å². The van der Waals surface area contributed by atoms with E-state index in [0.29, 0.717) is 6.61 Å². The Bertz CT molecular complexity index is 304. The van der Waals surface area contributed by atoms with E-state index in [-0.39, 0.29) is 0 Å². The van der Waals surface area contributed by atoms with Gasteiger partial charge in [-0.1, -0.05) is 31.2 Å². The quantitative estimate of drug-likeness (QED) is 0.663. The number of benzene rings is 1. The summed E-state index contributed by atoms with van der Waals surface area (Å²) in [4.78, 5) is 0. The lowest BCUT2D eigenvalue weighted by molar-refractivity contribution is 0.296. The largest absolute Gasteiger partial charge is 0.396 e. The van der Waals surface area contributed by atoms with Gasteiger partial charge >= 0.3 is 0 Å². The van der Waals surface area contributed by atoms with Crippen LogP contribution in [0.1, 0.15) is 24.5 Å². The standard InChI is InChI=1S/C14H23NOS/c1-2-13-6-3-4-7-14(13)12-15-8-11-17-10-5-9-16/h3-4,6-7,15-16H,2,5,8-12H2,1H3. The summed E-state index contributed by atoms with van der Waals surface area (Å²) in [6, 6.07) is 8.61. The summed E-state index contributed by atoms with van der Waals surface area (Å²) in [5, 5.41) is 12.1. The van der Waals surface area contributed by atoms with Gasteiger partial charge in [0.15, 0.2) is 0 Å². The van der Waals surface area contributed by atoms with E-state index in [9.17, 15) is 0 Å². The molecule has 0 aromatic heterocycles. The van der Waals surface area contributed by atoms with Crippen LogP contribution in [0.5, 0.6) is 0 Å². The molecule has 0 aliphatic heterocycles. The molecule has 0 aliphatic carbocycles. The molecule has 2 nitrogen and oxygen atoms in total. The predicted octanol–water partition coefficient (Wildman–Crippen LogP) is 2.45. The average Bonchev–Trinajstić information content (AvgIpc) is 2.38. The number of hydrogen-bond donors (Lipinski definition) is 2. The molecule has 0 bridgehead atoms. The van der Waals surface area contributed by atoms with Gasteiger partial charge in [0.05, 0.1) is 0 Å². The number of thioether (sulfide) groups is 1. The predicted molar refractivity (Wildman–Crippen MR) is 76.6 cm³/mol. The molecule has 0 amide bonds. The number of aliphatic hydroxyl groups is 1. The molecule has 0 saturated carbocycles. The summed E-state index contributed by atoms with van der Waals surface area (Å²) in [6.07, 6.45) is 2.01. The van der Waals surface area contributed by atoms with E-state index >= 15 is 0 Å².